The molecule has 1 N–H and O–H groups in total. The molecule has 0 aliphatic carbocycles. The SMILES string of the molecule is O=C(NCCCCN1CCOCC1)c1cccc(N2CCCS2(=O)=O)c1. The largest absolute Gasteiger partial charge is 0.379 e. The first-order valence-corrected chi connectivity index (χ1v) is 10.9. The maximum Gasteiger partial charge on any atom is 0.251 e. The molecule has 7 nitrogen and oxygen atoms in total. The van der Waals surface area contributed by atoms with Gasteiger partial charge in [-0.2, -0.15) is 0 Å². The molecule has 2 aliphatic rings. The molecule has 0 unspecified atom stereocenters. The van der Waals surface area contributed by atoms with E-state index in [0.29, 0.717) is 30.8 Å². The lowest BCUT2D eigenvalue weighted by atomic mass is 10.2. The molecule has 1 aromatic carbocycles. The van der Waals surface area contributed by atoms with Crippen LogP contribution in [-0.4, -0.2) is 70.9 Å². The van der Waals surface area contributed by atoms with Crippen molar-refractivity contribution < 1.29 is 17.9 Å². The van der Waals surface area contributed by atoms with E-state index in [4.69, 9.17) is 4.74 Å². The molecule has 2 fully saturated rings. The van der Waals surface area contributed by atoms with Gasteiger partial charge < -0.3 is 10.1 Å². The molecule has 0 atom stereocenters. The second-order valence-corrected chi connectivity index (χ2v) is 8.72. The van der Waals surface area contributed by atoms with Crippen LogP contribution in [0.1, 0.15) is 29.6 Å². The first kappa shape index (κ1) is 19.1. The Morgan fingerprint density at radius 2 is 1.96 bits per heavy atom. The molecule has 0 spiro atoms. The number of anilines is 1. The number of carbonyl (C=O) groups excluding carboxylic acids is 1. The van der Waals surface area contributed by atoms with Gasteiger partial charge in [-0.05, 0) is 44.0 Å². The Labute approximate surface area is 155 Å². The van der Waals surface area contributed by atoms with Crippen molar-refractivity contribution in [3.05, 3.63) is 29.8 Å². The molecule has 2 saturated heterocycles. The van der Waals surface area contributed by atoms with Crippen molar-refractivity contribution in [2.24, 2.45) is 0 Å². The Morgan fingerprint density at radius 1 is 1.15 bits per heavy atom. The van der Waals surface area contributed by atoms with Gasteiger partial charge in [0, 0.05) is 31.7 Å². The smallest absolute Gasteiger partial charge is 0.251 e. The highest BCUT2D eigenvalue weighted by atomic mass is 32.2. The van der Waals surface area contributed by atoms with Crippen LogP contribution in [0, 0.1) is 0 Å². The predicted molar refractivity (Wildman–Crippen MR) is 101 cm³/mol. The van der Waals surface area contributed by atoms with E-state index in [2.05, 4.69) is 10.2 Å². The minimum Gasteiger partial charge on any atom is -0.379 e. The molecule has 1 aromatic rings. The third-order valence-corrected chi connectivity index (χ3v) is 6.66. The topological polar surface area (TPSA) is 79.0 Å². The molecule has 26 heavy (non-hydrogen) atoms. The first-order valence-electron chi connectivity index (χ1n) is 9.25. The molecule has 2 heterocycles. The molecular weight excluding hydrogens is 354 g/mol. The summed E-state index contributed by atoms with van der Waals surface area (Å²) in [5.41, 5.74) is 1.07. The van der Waals surface area contributed by atoms with E-state index in [-0.39, 0.29) is 11.7 Å². The lowest BCUT2D eigenvalue weighted by molar-refractivity contribution is 0.0372. The molecule has 0 bridgehead atoms. The summed E-state index contributed by atoms with van der Waals surface area (Å²) in [6.45, 7) is 5.71. The lowest BCUT2D eigenvalue weighted by Crippen LogP contribution is -2.37. The van der Waals surface area contributed by atoms with Gasteiger partial charge in [-0.1, -0.05) is 6.07 Å². The summed E-state index contributed by atoms with van der Waals surface area (Å²) in [6, 6.07) is 6.85. The lowest BCUT2D eigenvalue weighted by Gasteiger charge is -2.26. The molecule has 144 valence electrons. The average molecular weight is 381 g/mol. The second kappa shape index (κ2) is 8.83. The Bertz CT molecular complexity index is 717. The fourth-order valence-electron chi connectivity index (χ4n) is 3.32. The van der Waals surface area contributed by atoms with Gasteiger partial charge in [0.25, 0.3) is 5.91 Å². The van der Waals surface area contributed by atoms with Gasteiger partial charge in [0.15, 0.2) is 0 Å². The third-order valence-electron chi connectivity index (χ3n) is 4.79. The van der Waals surface area contributed by atoms with Gasteiger partial charge in [-0.15, -0.1) is 0 Å². The number of sulfonamides is 1. The van der Waals surface area contributed by atoms with Crippen LogP contribution < -0.4 is 9.62 Å². The molecule has 0 aromatic heterocycles. The van der Waals surface area contributed by atoms with E-state index in [1.807, 2.05) is 0 Å². The van der Waals surface area contributed by atoms with Crippen molar-refractivity contribution in [3.8, 4) is 0 Å². The zero-order valence-electron chi connectivity index (χ0n) is 15.0. The van der Waals surface area contributed by atoms with Gasteiger partial charge in [-0.25, -0.2) is 8.42 Å². The minimum atomic E-state index is -3.23. The van der Waals surface area contributed by atoms with Crippen molar-refractivity contribution in [1.82, 2.24) is 10.2 Å². The summed E-state index contributed by atoms with van der Waals surface area (Å²) in [5, 5.41) is 2.93. The van der Waals surface area contributed by atoms with E-state index in [1.54, 1.807) is 24.3 Å². The molecule has 3 rings (SSSR count). The Balaban J connectivity index is 1.45. The Hall–Kier alpha value is -1.64. The Kier molecular flexibility index (Phi) is 6.50. The van der Waals surface area contributed by atoms with Crippen LogP contribution in [0.25, 0.3) is 0 Å². The molecule has 2 aliphatic heterocycles. The van der Waals surface area contributed by atoms with Gasteiger partial charge in [0.05, 0.1) is 24.7 Å². The normalized spacial score (nSPS) is 20.2. The van der Waals surface area contributed by atoms with Crippen molar-refractivity contribution in [3.63, 3.8) is 0 Å². The fourth-order valence-corrected chi connectivity index (χ4v) is 4.88. The van der Waals surface area contributed by atoms with Gasteiger partial charge in [0.2, 0.25) is 10.0 Å². The Morgan fingerprint density at radius 3 is 2.69 bits per heavy atom. The number of amides is 1. The van der Waals surface area contributed by atoms with Crippen LogP contribution in [0.4, 0.5) is 5.69 Å². The molecule has 1 amide bonds. The molecular formula is C18H27N3O4S. The number of benzene rings is 1. The predicted octanol–water partition coefficient (Wildman–Crippen LogP) is 1.07. The summed E-state index contributed by atoms with van der Waals surface area (Å²) in [4.78, 5) is 14.7. The van der Waals surface area contributed by atoms with Gasteiger partial charge >= 0.3 is 0 Å². The molecule has 0 saturated carbocycles. The van der Waals surface area contributed by atoms with E-state index >= 15 is 0 Å². The average Bonchev–Trinajstić information content (AvgIpc) is 3.01. The monoisotopic (exact) mass is 381 g/mol. The quantitative estimate of drug-likeness (QED) is 0.715. The van der Waals surface area contributed by atoms with Crippen LogP contribution in [0.5, 0.6) is 0 Å². The summed E-state index contributed by atoms with van der Waals surface area (Å²) < 4.78 is 30.8. The number of rotatable bonds is 7. The summed E-state index contributed by atoms with van der Waals surface area (Å²) in [7, 11) is -3.23. The maximum atomic E-state index is 12.3. The number of morpholine rings is 1. The van der Waals surface area contributed by atoms with Crippen LogP contribution in [-0.2, 0) is 14.8 Å². The van der Waals surface area contributed by atoms with Crippen molar-refractivity contribution in [2.75, 3.05) is 56.0 Å². The number of nitrogens with one attached hydrogen (secondary N) is 1. The first-order chi connectivity index (χ1) is 12.6. The maximum absolute atomic E-state index is 12.3. The van der Waals surface area contributed by atoms with Crippen LogP contribution in [0.2, 0.25) is 0 Å². The van der Waals surface area contributed by atoms with E-state index in [1.165, 1.54) is 4.31 Å². The van der Waals surface area contributed by atoms with Gasteiger partial charge in [0.1, 0.15) is 0 Å². The van der Waals surface area contributed by atoms with Crippen molar-refractivity contribution in [1.29, 1.82) is 0 Å². The number of carbonyl (C=O) groups is 1. The number of ether oxygens (including phenoxy) is 1. The van der Waals surface area contributed by atoms with Crippen LogP contribution >= 0.6 is 0 Å². The fraction of sp³-hybridized carbons (Fsp3) is 0.611. The van der Waals surface area contributed by atoms with E-state index in [9.17, 15) is 13.2 Å². The van der Waals surface area contributed by atoms with E-state index < -0.39 is 10.0 Å². The highest BCUT2D eigenvalue weighted by Gasteiger charge is 2.28. The number of nitrogens with zero attached hydrogens (tertiary/aromatic N) is 2. The molecule has 0 radical (unpaired) electrons. The summed E-state index contributed by atoms with van der Waals surface area (Å²) >= 11 is 0. The molecule has 8 heteroatoms. The van der Waals surface area contributed by atoms with Crippen LogP contribution in [0.3, 0.4) is 0 Å². The zero-order chi connectivity index (χ0) is 18.4. The van der Waals surface area contributed by atoms with Crippen molar-refractivity contribution >= 4 is 21.6 Å². The number of hydrogen-bond donors (Lipinski definition) is 1. The number of hydrogen-bond acceptors (Lipinski definition) is 5. The van der Waals surface area contributed by atoms with Crippen molar-refractivity contribution in [2.45, 2.75) is 19.3 Å². The van der Waals surface area contributed by atoms with Gasteiger partial charge in [-0.3, -0.25) is 14.0 Å². The standard InChI is InChI=1S/C18H27N3O4S/c22-18(19-7-1-2-8-20-10-12-25-13-11-20)16-5-3-6-17(15-16)21-9-4-14-26(21,23)24/h3,5-6,15H,1-2,4,7-14H2,(H,19,22). The van der Waals surface area contributed by atoms with E-state index in [0.717, 1.165) is 45.7 Å². The second-order valence-electron chi connectivity index (χ2n) is 6.71. The summed E-state index contributed by atoms with van der Waals surface area (Å²) in [5.74, 6) is 0.0156. The number of unbranched alkanes of at least 4 members (excludes halogenated alkanes) is 1. The highest BCUT2D eigenvalue weighted by Crippen LogP contribution is 2.24. The minimum absolute atomic E-state index is 0.158. The summed E-state index contributed by atoms with van der Waals surface area (Å²) in [6.07, 6.45) is 2.58. The highest BCUT2D eigenvalue weighted by molar-refractivity contribution is 7.93. The third kappa shape index (κ3) is 4.96. The van der Waals surface area contributed by atoms with Crippen LogP contribution in [0.15, 0.2) is 24.3 Å². The zero-order valence-corrected chi connectivity index (χ0v) is 15.8.